The van der Waals surface area contributed by atoms with Gasteiger partial charge in [0.25, 0.3) is 0 Å². The molecule has 1 amide bonds. The molecule has 6 nitrogen and oxygen atoms in total. The third-order valence-corrected chi connectivity index (χ3v) is 6.61. The lowest BCUT2D eigenvalue weighted by molar-refractivity contribution is -0.129. The molecular weight excluding hydrogens is 380 g/mol. The van der Waals surface area contributed by atoms with E-state index in [0.717, 1.165) is 21.3 Å². The number of carbonyl (C=O) groups excluding carboxylic acids is 1. The standard InChI is InChI=1S/C19H20N4O2S2/c1-13-11-26-19(20-13)27-12-17(24)22-7-8-23-15(10-22)9-16(21-23)18(25)14-5-3-2-4-6-14/h2-6,9,11,18,25H,7-8,10,12H2,1H3/t18-/m0/s1. The first-order valence-corrected chi connectivity index (χ1v) is 10.6. The summed E-state index contributed by atoms with van der Waals surface area (Å²) in [6.07, 6.45) is -0.753. The number of amides is 1. The Labute approximate surface area is 165 Å². The predicted octanol–water partition coefficient (Wildman–Crippen LogP) is 2.86. The molecule has 1 N–H and O–H groups in total. The van der Waals surface area contributed by atoms with Crippen LogP contribution >= 0.6 is 23.1 Å². The second-order valence-corrected chi connectivity index (χ2v) is 8.54. The summed E-state index contributed by atoms with van der Waals surface area (Å²) in [5.41, 5.74) is 3.38. The van der Waals surface area contributed by atoms with Gasteiger partial charge in [0.05, 0.1) is 30.2 Å². The molecule has 8 heteroatoms. The van der Waals surface area contributed by atoms with Crippen LogP contribution < -0.4 is 0 Å². The molecule has 1 aliphatic rings. The molecule has 0 unspecified atom stereocenters. The minimum absolute atomic E-state index is 0.102. The van der Waals surface area contributed by atoms with E-state index in [4.69, 9.17) is 0 Å². The fourth-order valence-corrected chi connectivity index (χ4v) is 4.81. The van der Waals surface area contributed by atoms with E-state index in [-0.39, 0.29) is 5.91 Å². The lowest BCUT2D eigenvalue weighted by atomic mass is 10.1. The number of aromatic nitrogens is 3. The van der Waals surface area contributed by atoms with Crippen molar-refractivity contribution in [3.63, 3.8) is 0 Å². The topological polar surface area (TPSA) is 71.2 Å². The van der Waals surface area contributed by atoms with Gasteiger partial charge in [-0.1, -0.05) is 42.1 Å². The Bertz CT molecular complexity index is 938. The predicted molar refractivity (Wildman–Crippen MR) is 106 cm³/mol. The summed E-state index contributed by atoms with van der Waals surface area (Å²) in [7, 11) is 0. The summed E-state index contributed by atoms with van der Waals surface area (Å²) in [6, 6.07) is 11.4. The molecule has 3 heterocycles. The number of benzene rings is 1. The molecule has 0 bridgehead atoms. The zero-order valence-corrected chi connectivity index (χ0v) is 16.5. The molecule has 0 saturated carbocycles. The van der Waals surface area contributed by atoms with Crippen molar-refractivity contribution in [3.05, 3.63) is 64.4 Å². The van der Waals surface area contributed by atoms with E-state index >= 15 is 0 Å². The summed E-state index contributed by atoms with van der Waals surface area (Å²) in [6.45, 7) is 3.75. The maximum absolute atomic E-state index is 12.6. The highest BCUT2D eigenvalue weighted by Crippen LogP contribution is 2.25. The summed E-state index contributed by atoms with van der Waals surface area (Å²) in [5.74, 6) is 0.492. The Morgan fingerprint density at radius 2 is 2.15 bits per heavy atom. The van der Waals surface area contributed by atoms with Crippen molar-refractivity contribution >= 4 is 29.0 Å². The third kappa shape index (κ3) is 4.07. The number of nitrogens with zero attached hydrogens (tertiary/aromatic N) is 4. The first kappa shape index (κ1) is 18.2. The molecule has 0 spiro atoms. The summed E-state index contributed by atoms with van der Waals surface area (Å²) in [5, 5.41) is 17.1. The van der Waals surface area contributed by atoms with Crippen molar-refractivity contribution in [2.75, 3.05) is 12.3 Å². The molecule has 4 rings (SSSR count). The van der Waals surface area contributed by atoms with Crippen molar-refractivity contribution in [1.29, 1.82) is 0 Å². The van der Waals surface area contributed by atoms with E-state index in [1.165, 1.54) is 11.8 Å². The van der Waals surface area contributed by atoms with Crippen LogP contribution in [0, 0.1) is 6.92 Å². The zero-order chi connectivity index (χ0) is 18.8. The molecule has 1 aliphatic heterocycles. The van der Waals surface area contributed by atoms with Crippen molar-refractivity contribution in [1.82, 2.24) is 19.7 Å². The number of thioether (sulfide) groups is 1. The Morgan fingerprint density at radius 3 is 2.89 bits per heavy atom. The van der Waals surface area contributed by atoms with Crippen LogP contribution in [0.25, 0.3) is 0 Å². The van der Waals surface area contributed by atoms with Crippen molar-refractivity contribution in [3.8, 4) is 0 Å². The lowest BCUT2D eigenvalue weighted by Gasteiger charge is -2.27. The van der Waals surface area contributed by atoms with Gasteiger partial charge in [-0.2, -0.15) is 5.10 Å². The highest BCUT2D eigenvalue weighted by molar-refractivity contribution is 8.01. The number of aliphatic hydroxyl groups excluding tert-OH is 1. The molecule has 140 valence electrons. The third-order valence-electron chi connectivity index (χ3n) is 4.48. The number of aliphatic hydroxyl groups is 1. The highest BCUT2D eigenvalue weighted by atomic mass is 32.2. The molecule has 0 radical (unpaired) electrons. The monoisotopic (exact) mass is 400 g/mol. The largest absolute Gasteiger partial charge is 0.382 e. The fourth-order valence-electron chi connectivity index (χ4n) is 3.05. The first-order chi connectivity index (χ1) is 13.1. The van der Waals surface area contributed by atoms with Crippen LogP contribution in [0.3, 0.4) is 0 Å². The van der Waals surface area contributed by atoms with E-state index < -0.39 is 6.10 Å². The number of hydrogen-bond donors (Lipinski definition) is 1. The van der Waals surface area contributed by atoms with Gasteiger partial charge in [0.15, 0.2) is 4.34 Å². The van der Waals surface area contributed by atoms with Gasteiger partial charge < -0.3 is 10.0 Å². The van der Waals surface area contributed by atoms with Gasteiger partial charge >= 0.3 is 0 Å². The quantitative estimate of drug-likeness (QED) is 0.667. The van der Waals surface area contributed by atoms with Crippen LogP contribution in [-0.2, 0) is 17.9 Å². The Balaban J connectivity index is 1.41. The number of hydrogen-bond acceptors (Lipinski definition) is 6. The van der Waals surface area contributed by atoms with E-state index in [2.05, 4.69) is 10.1 Å². The molecule has 2 aromatic heterocycles. The average molecular weight is 401 g/mol. The van der Waals surface area contributed by atoms with E-state index in [1.54, 1.807) is 11.3 Å². The average Bonchev–Trinajstić information content (AvgIpc) is 3.31. The maximum Gasteiger partial charge on any atom is 0.233 e. The van der Waals surface area contributed by atoms with Crippen LogP contribution in [0.4, 0.5) is 0 Å². The van der Waals surface area contributed by atoms with Gasteiger partial charge in [-0.3, -0.25) is 9.48 Å². The van der Waals surface area contributed by atoms with Gasteiger partial charge in [0.1, 0.15) is 6.10 Å². The van der Waals surface area contributed by atoms with Gasteiger partial charge in [-0.25, -0.2) is 4.98 Å². The highest BCUT2D eigenvalue weighted by Gasteiger charge is 2.24. The molecular formula is C19H20N4O2S2. The smallest absolute Gasteiger partial charge is 0.233 e. The Morgan fingerprint density at radius 1 is 1.33 bits per heavy atom. The molecule has 0 saturated heterocycles. The number of fused-ring (bicyclic) bond motifs is 1. The van der Waals surface area contributed by atoms with E-state index in [1.807, 2.05) is 58.3 Å². The molecule has 3 aromatic rings. The minimum atomic E-state index is -0.753. The van der Waals surface area contributed by atoms with Crippen LogP contribution in [0.5, 0.6) is 0 Å². The number of aryl methyl sites for hydroxylation is 1. The summed E-state index contributed by atoms with van der Waals surface area (Å²) < 4.78 is 2.82. The van der Waals surface area contributed by atoms with E-state index in [0.29, 0.717) is 31.1 Å². The van der Waals surface area contributed by atoms with Gasteiger partial charge in [0.2, 0.25) is 5.91 Å². The van der Waals surface area contributed by atoms with Crippen LogP contribution in [0.1, 0.15) is 28.7 Å². The van der Waals surface area contributed by atoms with Crippen LogP contribution in [0.2, 0.25) is 0 Å². The zero-order valence-electron chi connectivity index (χ0n) is 14.9. The van der Waals surface area contributed by atoms with Gasteiger partial charge in [-0.15, -0.1) is 11.3 Å². The second kappa shape index (κ2) is 7.84. The molecule has 1 aromatic carbocycles. The number of carbonyl (C=O) groups is 1. The van der Waals surface area contributed by atoms with Gasteiger partial charge in [-0.05, 0) is 18.6 Å². The van der Waals surface area contributed by atoms with Crippen molar-refractivity contribution in [2.45, 2.75) is 30.5 Å². The summed E-state index contributed by atoms with van der Waals surface area (Å²) in [4.78, 5) is 18.8. The van der Waals surface area contributed by atoms with Crippen LogP contribution in [-0.4, -0.2) is 43.0 Å². The van der Waals surface area contributed by atoms with Gasteiger partial charge in [0, 0.05) is 17.6 Å². The molecule has 27 heavy (non-hydrogen) atoms. The van der Waals surface area contributed by atoms with Crippen molar-refractivity contribution in [2.24, 2.45) is 0 Å². The Hall–Kier alpha value is -2.16. The molecule has 1 atom stereocenters. The van der Waals surface area contributed by atoms with E-state index in [9.17, 15) is 9.90 Å². The fraction of sp³-hybridized carbons (Fsp3) is 0.316. The first-order valence-electron chi connectivity index (χ1n) is 8.72. The molecule has 0 aliphatic carbocycles. The second-order valence-electron chi connectivity index (χ2n) is 6.46. The number of rotatable bonds is 5. The maximum atomic E-state index is 12.6. The van der Waals surface area contributed by atoms with Crippen molar-refractivity contribution < 1.29 is 9.90 Å². The minimum Gasteiger partial charge on any atom is -0.382 e. The Kier molecular flexibility index (Phi) is 5.29. The number of thiazole rings is 1. The van der Waals surface area contributed by atoms with Crippen LogP contribution in [0.15, 0.2) is 46.1 Å². The molecule has 0 fully saturated rings. The normalized spacial score (nSPS) is 14.8. The lowest BCUT2D eigenvalue weighted by Crippen LogP contribution is -2.39. The summed E-state index contributed by atoms with van der Waals surface area (Å²) >= 11 is 3.06. The SMILES string of the molecule is Cc1csc(SCC(=O)N2CCn3nc([C@@H](O)c4ccccc4)cc3C2)n1.